The Labute approximate surface area is 119 Å². The van der Waals surface area contributed by atoms with Gasteiger partial charge in [-0.2, -0.15) is 12.6 Å². The highest BCUT2D eigenvalue weighted by Gasteiger charge is 2.36. The summed E-state index contributed by atoms with van der Waals surface area (Å²) in [5.74, 6) is 1.81. The summed E-state index contributed by atoms with van der Waals surface area (Å²) in [6.45, 7) is 0.762. The van der Waals surface area contributed by atoms with Crippen molar-refractivity contribution < 1.29 is 4.74 Å². The lowest BCUT2D eigenvalue weighted by Crippen LogP contribution is -2.37. The molecule has 1 aliphatic carbocycles. The van der Waals surface area contributed by atoms with Gasteiger partial charge in [-0.1, -0.05) is 12.5 Å². The first-order valence-corrected chi connectivity index (χ1v) is 7.56. The minimum atomic E-state index is 0.303. The van der Waals surface area contributed by atoms with Crippen molar-refractivity contribution in [2.75, 3.05) is 12.4 Å². The third kappa shape index (κ3) is 2.59. The maximum Gasteiger partial charge on any atom is 0.147 e. The summed E-state index contributed by atoms with van der Waals surface area (Å²) in [7, 11) is 0. The molecule has 1 saturated carbocycles. The highest BCUT2D eigenvalue weighted by atomic mass is 79.9. The van der Waals surface area contributed by atoms with Crippen molar-refractivity contribution in [1.82, 2.24) is 0 Å². The molecule has 0 unspecified atom stereocenters. The van der Waals surface area contributed by atoms with Crippen LogP contribution < -0.4 is 4.74 Å². The Morgan fingerprint density at radius 1 is 1.25 bits per heavy atom. The van der Waals surface area contributed by atoms with Crippen LogP contribution in [0.3, 0.4) is 0 Å². The summed E-state index contributed by atoms with van der Waals surface area (Å²) >= 11 is 11.4. The number of benzene rings is 1. The second-order valence-electron chi connectivity index (χ2n) is 4.35. The average molecular weight is 366 g/mol. The van der Waals surface area contributed by atoms with Crippen LogP contribution in [0.15, 0.2) is 27.1 Å². The van der Waals surface area contributed by atoms with Crippen molar-refractivity contribution in [3.8, 4) is 5.75 Å². The predicted octanol–water partition coefficient (Wildman–Crippen LogP) is 4.69. The Morgan fingerprint density at radius 3 is 2.31 bits per heavy atom. The van der Waals surface area contributed by atoms with E-state index in [9.17, 15) is 0 Å². The van der Waals surface area contributed by atoms with Crippen molar-refractivity contribution in [2.45, 2.75) is 19.3 Å². The lowest BCUT2D eigenvalue weighted by atomic mass is 9.71. The van der Waals surface area contributed by atoms with Gasteiger partial charge >= 0.3 is 0 Å². The van der Waals surface area contributed by atoms with Crippen LogP contribution in [0.5, 0.6) is 5.75 Å². The van der Waals surface area contributed by atoms with Crippen LogP contribution >= 0.6 is 44.5 Å². The topological polar surface area (TPSA) is 9.23 Å². The van der Waals surface area contributed by atoms with Crippen LogP contribution in [-0.4, -0.2) is 12.4 Å². The SMILES string of the molecule is SCC1(COc2c(Br)cccc2Br)CCC1. The van der Waals surface area contributed by atoms with Crippen LogP contribution in [0.4, 0.5) is 0 Å². The number of para-hydroxylation sites is 1. The largest absolute Gasteiger partial charge is 0.491 e. The van der Waals surface area contributed by atoms with Gasteiger partial charge < -0.3 is 4.74 Å². The van der Waals surface area contributed by atoms with Crippen LogP contribution in [0.2, 0.25) is 0 Å². The zero-order chi connectivity index (χ0) is 11.6. The summed E-state index contributed by atoms with van der Waals surface area (Å²) in [6, 6.07) is 5.97. The molecule has 0 aliphatic heterocycles. The third-order valence-corrected chi connectivity index (χ3v) is 5.11. The maximum atomic E-state index is 5.92. The van der Waals surface area contributed by atoms with E-state index in [1.807, 2.05) is 18.2 Å². The molecule has 1 aromatic carbocycles. The number of ether oxygens (including phenoxy) is 1. The number of hydrogen-bond acceptors (Lipinski definition) is 2. The molecule has 4 heteroatoms. The van der Waals surface area contributed by atoms with Gasteiger partial charge in [0.15, 0.2) is 0 Å². The second kappa shape index (κ2) is 5.32. The van der Waals surface area contributed by atoms with E-state index in [1.165, 1.54) is 19.3 Å². The molecule has 1 aromatic rings. The molecule has 0 atom stereocenters. The van der Waals surface area contributed by atoms with Crippen LogP contribution in [-0.2, 0) is 0 Å². The van der Waals surface area contributed by atoms with Gasteiger partial charge in [-0.25, -0.2) is 0 Å². The zero-order valence-electron chi connectivity index (χ0n) is 8.88. The van der Waals surface area contributed by atoms with Gasteiger partial charge in [-0.05, 0) is 62.6 Å². The van der Waals surface area contributed by atoms with Gasteiger partial charge in [0.1, 0.15) is 5.75 Å². The van der Waals surface area contributed by atoms with Gasteiger partial charge in [0.25, 0.3) is 0 Å². The van der Waals surface area contributed by atoms with Crippen molar-refractivity contribution >= 4 is 44.5 Å². The first kappa shape index (κ1) is 12.8. The van der Waals surface area contributed by atoms with Gasteiger partial charge in [-0.3, -0.25) is 0 Å². The van der Waals surface area contributed by atoms with Crippen LogP contribution in [0, 0.1) is 5.41 Å². The number of hydrogen-bond donors (Lipinski definition) is 1. The monoisotopic (exact) mass is 364 g/mol. The maximum absolute atomic E-state index is 5.92. The van der Waals surface area contributed by atoms with E-state index in [0.29, 0.717) is 5.41 Å². The van der Waals surface area contributed by atoms with E-state index in [-0.39, 0.29) is 0 Å². The van der Waals surface area contributed by atoms with E-state index in [2.05, 4.69) is 44.5 Å². The quantitative estimate of drug-likeness (QED) is 0.761. The second-order valence-corrected chi connectivity index (χ2v) is 6.38. The minimum absolute atomic E-state index is 0.303. The lowest BCUT2D eigenvalue weighted by Gasteiger charge is -2.40. The average Bonchev–Trinajstić information content (AvgIpc) is 2.20. The Morgan fingerprint density at radius 2 is 1.88 bits per heavy atom. The Hall–Kier alpha value is 0.330. The molecule has 0 bridgehead atoms. The van der Waals surface area contributed by atoms with Gasteiger partial charge in [-0.15, -0.1) is 0 Å². The van der Waals surface area contributed by atoms with Crippen molar-refractivity contribution in [2.24, 2.45) is 5.41 Å². The smallest absolute Gasteiger partial charge is 0.147 e. The molecular formula is C12H14Br2OS. The van der Waals surface area contributed by atoms with Gasteiger partial charge in [0.2, 0.25) is 0 Å². The van der Waals surface area contributed by atoms with E-state index >= 15 is 0 Å². The molecule has 0 heterocycles. The fourth-order valence-corrected chi connectivity index (χ4v) is 3.51. The Balaban J connectivity index is 2.04. The molecule has 1 fully saturated rings. The Kier molecular flexibility index (Phi) is 4.25. The number of thiol groups is 1. The molecule has 2 rings (SSSR count). The van der Waals surface area contributed by atoms with E-state index in [0.717, 1.165) is 27.1 Å². The molecule has 16 heavy (non-hydrogen) atoms. The normalized spacial score (nSPS) is 17.9. The van der Waals surface area contributed by atoms with Crippen molar-refractivity contribution in [3.63, 3.8) is 0 Å². The number of rotatable bonds is 4. The van der Waals surface area contributed by atoms with Crippen molar-refractivity contribution in [3.05, 3.63) is 27.1 Å². The van der Waals surface area contributed by atoms with E-state index in [4.69, 9.17) is 4.74 Å². The molecule has 88 valence electrons. The Bertz CT molecular complexity index is 352. The zero-order valence-corrected chi connectivity index (χ0v) is 12.9. The summed E-state index contributed by atoms with van der Waals surface area (Å²) in [5.41, 5.74) is 0.303. The minimum Gasteiger partial charge on any atom is -0.491 e. The third-order valence-electron chi connectivity index (χ3n) is 3.19. The first-order valence-electron chi connectivity index (χ1n) is 5.35. The fourth-order valence-electron chi connectivity index (χ4n) is 1.87. The van der Waals surface area contributed by atoms with Crippen LogP contribution in [0.1, 0.15) is 19.3 Å². The first-order chi connectivity index (χ1) is 7.67. The summed E-state index contributed by atoms with van der Waals surface area (Å²) < 4.78 is 7.91. The lowest BCUT2D eigenvalue weighted by molar-refractivity contribution is 0.0821. The van der Waals surface area contributed by atoms with E-state index in [1.54, 1.807) is 0 Å². The molecule has 1 nitrogen and oxygen atoms in total. The highest BCUT2D eigenvalue weighted by molar-refractivity contribution is 9.11. The summed E-state index contributed by atoms with van der Waals surface area (Å²) in [4.78, 5) is 0. The molecule has 0 N–H and O–H groups in total. The highest BCUT2D eigenvalue weighted by Crippen LogP contribution is 2.43. The van der Waals surface area contributed by atoms with Crippen LogP contribution in [0.25, 0.3) is 0 Å². The standard InChI is InChI=1S/C12H14Br2OS/c13-9-3-1-4-10(14)11(9)15-7-12(8-16)5-2-6-12/h1,3-4,16H,2,5-8H2. The van der Waals surface area contributed by atoms with Crippen molar-refractivity contribution in [1.29, 1.82) is 0 Å². The molecule has 0 radical (unpaired) electrons. The molecule has 0 saturated heterocycles. The summed E-state index contributed by atoms with van der Waals surface area (Å²) in [5, 5.41) is 0. The fraction of sp³-hybridized carbons (Fsp3) is 0.500. The van der Waals surface area contributed by atoms with E-state index < -0.39 is 0 Å². The van der Waals surface area contributed by atoms with Gasteiger partial charge in [0.05, 0.1) is 15.6 Å². The molecule has 0 aromatic heterocycles. The number of halogens is 2. The summed E-state index contributed by atoms with van der Waals surface area (Å²) in [6.07, 6.45) is 3.78. The molecule has 1 aliphatic rings. The predicted molar refractivity (Wildman–Crippen MR) is 77.5 cm³/mol. The molecule has 0 amide bonds. The molecular weight excluding hydrogens is 352 g/mol. The van der Waals surface area contributed by atoms with Gasteiger partial charge in [0, 0.05) is 5.41 Å². The molecule has 0 spiro atoms.